The molecule has 1 aliphatic rings. The second-order valence-corrected chi connectivity index (χ2v) is 5.04. The van der Waals surface area contributed by atoms with Crippen LogP contribution in [0.3, 0.4) is 0 Å². The fraction of sp³-hybridized carbons (Fsp3) is 0.500. The van der Waals surface area contributed by atoms with Crippen LogP contribution in [0, 0.1) is 12.8 Å². The van der Waals surface area contributed by atoms with Gasteiger partial charge in [0, 0.05) is 12.6 Å². The van der Waals surface area contributed by atoms with Gasteiger partial charge < -0.3 is 9.72 Å². The van der Waals surface area contributed by atoms with E-state index in [1.807, 2.05) is 6.20 Å². The molecule has 1 unspecified atom stereocenters. The highest BCUT2D eigenvalue weighted by Gasteiger charge is 2.16. The molecule has 1 aliphatic heterocycles. The summed E-state index contributed by atoms with van der Waals surface area (Å²) in [5.74, 6) is 1.95. The topological polar surface area (TPSA) is 29.3 Å². The second kappa shape index (κ2) is 4.49. The van der Waals surface area contributed by atoms with E-state index in [4.69, 9.17) is 0 Å². The van der Waals surface area contributed by atoms with Crippen molar-refractivity contribution in [1.82, 2.24) is 14.7 Å². The van der Waals surface area contributed by atoms with Crippen LogP contribution in [0.25, 0.3) is 5.52 Å². The van der Waals surface area contributed by atoms with Crippen molar-refractivity contribution in [3.63, 3.8) is 0 Å². The van der Waals surface area contributed by atoms with Crippen LogP contribution in [0.1, 0.15) is 24.2 Å². The Hall–Kier alpha value is -1.35. The maximum absolute atomic E-state index is 4.59. The van der Waals surface area contributed by atoms with Gasteiger partial charge in [-0.3, -0.25) is 0 Å². The highest BCUT2D eigenvalue weighted by Crippen LogP contribution is 2.18. The molecule has 0 aliphatic carbocycles. The molecule has 0 radical (unpaired) electrons. The molecular weight excluding hydrogens is 210 g/mol. The van der Waals surface area contributed by atoms with E-state index in [9.17, 15) is 0 Å². The largest absolute Gasteiger partial charge is 0.316 e. The quantitative estimate of drug-likeness (QED) is 0.855. The number of aryl methyl sites for hydroxylation is 1. The number of rotatable bonds is 2. The zero-order chi connectivity index (χ0) is 11.7. The number of piperidine rings is 1. The Morgan fingerprint density at radius 2 is 2.47 bits per heavy atom. The van der Waals surface area contributed by atoms with Gasteiger partial charge in [-0.25, -0.2) is 4.98 Å². The van der Waals surface area contributed by atoms with Crippen molar-refractivity contribution in [3.05, 3.63) is 35.9 Å². The van der Waals surface area contributed by atoms with E-state index in [0.29, 0.717) is 0 Å². The van der Waals surface area contributed by atoms with Crippen molar-refractivity contribution in [2.45, 2.75) is 26.2 Å². The summed E-state index contributed by atoms with van der Waals surface area (Å²) < 4.78 is 2.24. The molecule has 3 heterocycles. The lowest BCUT2D eigenvalue weighted by Crippen LogP contribution is -2.31. The lowest BCUT2D eigenvalue weighted by atomic mass is 9.96. The molecule has 1 fully saturated rings. The molecule has 3 rings (SSSR count). The van der Waals surface area contributed by atoms with Gasteiger partial charge in [-0.1, -0.05) is 6.07 Å². The van der Waals surface area contributed by atoms with Crippen LogP contribution in [0.2, 0.25) is 0 Å². The number of imidazole rings is 1. The molecule has 3 heteroatoms. The van der Waals surface area contributed by atoms with Crippen LogP contribution in [-0.4, -0.2) is 22.5 Å². The maximum atomic E-state index is 4.59. The van der Waals surface area contributed by atoms with E-state index >= 15 is 0 Å². The monoisotopic (exact) mass is 229 g/mol. The Morgan fingerprint density at radius 3 is 3.29 bits per heavy atom. The maximum Gasteiger partial charge on any atom is 0.113 e. The van der Waals surface area contributed by atoms with E-state index in [-0.39, 0.29) is 0 Å². The standard InChI is InChI=1S/C14H19N3/c1-11-4-3-7-17-13(11)10-16-14(17)8-12-5-2-6-15-9-12/h3-4,7,10,12,15H,2,5-6,8-9H2,1H3. The first-order valence-corrected chi connectivity index (χ1v) is 6.47. The minimum Gasteiger partial charge on any atom is -0.316 e. The van der Waals surface area contributed by atoms with Crippen molar-refractivity contribution in [2.24, 2.45) is 5.92 Å². The third-order valence-electron chi connectivity index (χ3n) is 3.73. The van der Waals surface area contributed by atoms with Gasteiger partial charge >= 0.3 is 0 Å². The highest BCUT2D eigenvalue weighted by atomic mass is 15.0. The van der Waals surface area contributed by atoms with Gasteiger partial charge in [-0.05, 0) is 50.4 Å². The van der Waals surface area contributed by atoms with E-state index in [2.05, 4.69) is 40.0 Å². The lowest BCUT2D eigenvalue weighted by molar-refractivity contribution is 0.370. The van der Waals surface area contributed by atoms with Gasteiger partial charge in [-0.15, -0.1) is 0 Å². The minimum atomic E-state index is 0.745. The summed E-state index contributed by atoms with van der Waals surface area (Å²) in [6, 6.07) is 4.25. The summed E-state index contributed by atoms with van der Waals surface area (Å²) >= 11 is 0. The molecule has 1 N–H and O–H groups in total. The molecule has 0 bridgehead atoms. The van der Waals surface area contributed by atoms with E-state index in [0.717, 1.165) is 18.9 Å². The van der Waals surface area contributed by atoms with Crippen LogP contribution < -0.4 is 5.32 Å². The van der Waals surface area contributed by atoms with Crippen LogP contribution in [0.15, 0.2) is 24.5 Å². The first-order valence-electron chi connectivity index (χ1n) is 6.47. The summed E-state index contributed by atoms with van der Waals surface area (Å²) in [5, 5.41) is 3.47. The van der Waals surface area contributed by atoms with Gasteiger partial charge in [0.1, 0.15) is 5.82 Å². The van der Waals surface area contributed by atoms with Gasteiger partial charge in [-0.2, -0.15) is 0 Å². The lowest BCUT2D eigenvalue weighted by Gasteiger charge is -2.22. The normalized spacial score (nSPS) is 20.9. The summed E-state index contributed by atoms with van der Waals surface area (Å²) in [4.78, 5) is 4.59. The Bertz CT molecular complexity index is 509. The van der Waals surface area contributed by atoms with Crippen molar-refractivity contribution in [2.75, 3.05) is 13.1 Å². The van der Waals surface area contributed by atoms with Crippen molar-refractivity contribution in [1.29, 1.82) is 0 Å². The molecule has 0 spiro atoms. The predicted molar refractivity (Wildman–Crippen MR) is 69.2 cm³/mol. The molecule has 3 nitrogen and oxygen atoms in total. The molecular formula is C14H19N3. The Morgan fingerprint density at radius 1 is 1.53 bits per heavy atom. The number of nitrogens with zero attached hydrogens (tertiary/aromatic N) is 2. The highest BCUT2D eigenvalue weighted by molar-refractivity contribution is 5.53. The van der Waals surface area contributed by atoms with Gasteiger partial charge in [0.25, 0.3) is 0 Å². The number of hydrogen-bond donors (Lipinski definition) is 1. The smallest absolute Gasteiger partial charge is 0.113 e. The summed E-state index contributed by atoms with van der Waals surface area (Å²) in [6.07, 6.45) is 7.84. The SMILES string of the molecule is Cc1cccn2c(CC3CCCNC3)ncc12. The molecule has 17 heavy (non-hydrogen) atoms. The molecule has 0 amide bonds. The Labute approximate surface area is 102 Å². The van der Waals surface area contributed by atoms with Crippen molar-refractivity contribution >= 4 is 5.52 Å². The number of nitrogens with one attached hydrogen (secondary N) is 1. The average molecular weight is 229 g/mol. The zero-order valence-electron chi connectivity index (χ0n) is 10.3. The molecule has 2 aromatic heterocycles. The minimum absolute atomic E-state index is 0.745. The second-order valence-electron chi connectivity index (χ2n) is 5.04. The first-order chi connectivity index (χ1) is 8.34. The number of hydrogen-bond acceptors (Lipinski definition) is 2. The summed E-state index contributed by atoms with van der Waals surface area (Å²) in [5.41, 5.74) is 2.54. The van der Waals surface area contributed by atoms with E-state index in [1.54, 1.807) is 0 Å². The van der Waals surface area contributed by atoms with Crippen LogP contribution in [-0.2, 0) is 6.42 Å². The fourth-order valence-corrected chi connectivity index (χ4v) is 2.72. The third kappa shape index (κ3) is 2.07. The van der Waals surface area contributed by atoms with Crippen molar-refractivity contribution in [3.8, 4) is 0 Å². The summed E-state index contributed by atoms with van der Waals surface area (Å²) in [6.45, 7) is 4.46. The first kappa shape index (κ1) is 10.8. The van der Waals surface area contributed by atoms with Gasteiger partial charge in [0.05, 0.1) is 11.7 Å². The predicted octanol–water partition coefficient (Wildman–Crippen LogP) is 2.18. The van der Waals surface area contributed by atoms with Crippen LogP contribution >= 0.6 is 0 Å². The Balaban J connectivity index is 1.87. The van der Waals surface area contributed by atoms with E-state index < -0.39 is 0 Å². The molecule has 1 atom stereocenters. The molecule has 0 saturated carbocycles. The van der Waals surface area contributed by atoms with Crippen molar-refractivity contribution < 1.29 is 0 Å². The van der Waals surface area contributed by atoms with Gasteiger partial charge in [0.15, 0.2) is 0 Å². The van der Waals surface area contributed by atoms with Crippen LogP contribution in [0.4, 0.5) is 0 Å². The number of aromatic nitrogens is 2. The summed E-state index contributed by atoms with van der Waals surface area (Å²) in [7, 11) is 0. The number of fused-ring (bicyclic) bond motifs is 1. The zero-order valence-corrected chi connectivity index (χ0v) is 10.3. The molecule has 90 valence electrons. The molecule has 1 saturated heterocycles. The van der Waals surface area contributed by atoms with Crippen LogP contribution in [0.5, 0.6) is 0 Å². The fourth-order valence-electron chi connectivity index (χ4n) is 2.72. The average Bonchev–Trinajstić information content (AvgIpc) is 2.76. The Kier molecular flexibility index (Phi) is 2.85. The number of pyridine rings is 1. The molecule has 0 aromatic carbocycles. The molecule has 2 aromatic rings. The third-order valence-corrected chi connectivity index (χ3v) is 3.73. The van der Waals surface area contributed by atoms with Gasteiger partial charge in [0.2, 0.25) is 0 Å². The van der Waals surface area contributed by atoms with E-state index in [1.165, 1.54) is 36.3 Å².